The van der Waals surface area contributed by atoms with Crippen molar-refractivity contribution in [3.8, 4) is 5.75 Å². The van der Waals surface area contributed by atoms with Crippen LogP contribution < -0.4 is 15.6 Å². The van der Waals surface area contributed by atoms with Crippen LogP contribution in [-0.2, 0) is 17.9 Å². The second kappa shape index (κ2) is 6.95. The molecule has 0 spiro atoms. The van der Waals surface area contributed by atoms with Crippen LogP contribution in [0.25, 0.3) is 11.0 Å². The summed E-state index contributed by atoms with van der Waals surface area (Å²) in [6, 6.07) is 14.7. The summed E-state index contributed by atoms with van der Waals surface area (Å²) in [5, 5.41) is 2.82. The predicted molar refractivity (Wildman–Crippen MR) is 90.8 cm³/mol. The lowest BCUT2D eigenvalue weighted by Gasteiger charge is -2.11. The SMILES string of the molecule is COc1ccccc1CNC(=O)Cn1c(=O)cnc2ccccc21. The lowest BCUT2D eigenvalue weighted by atomic mass is 10.2. The molecule has 1 N–H and O–H groups in total. The Morgan fingerprint density at radius 1 is 1.17 bits per heavy atom. The third-order valence-electron chi connectivity index (χ3n) is 3.72. The van der Waals surface area contributed by atoms with Crippen molar-refractivity contribution in [2.75, 3.05) is 7.11 Å². The molecule has 6 nitrogen and oxygen atoms in total. The second-order valence-electron chi connectivity index (χ2n) is 5.26. The highest BCUT2D eigenvalue weighted by atomic mass is 16.5. The largest absolute Gasteiger partial charge is 0.496 e. The van der Waals surface area contributed by atoms with Gasteiger partial charge in [0.25, 0.3) is 5.56 Å². The highest BCUT2D eigenvalue weighted by Gasteiger charge is 2.09. The Morgan fingerprint density at radius 2 is 1.92 bits per heavy atom. The van der Waals surface area contributed by atoms with Gasteiger partial charge in [0.15, 0.2) is 0 Å². The molecule has 2 aromatic carbocycles. The lowest BCUT2D eigenvalue weighted by Crippen LogP contribution is -2.32. The zero-order valence-electron chi connectivity index (χ0n) is 13.2. The third kappa shape index (κ3) is 3.27. The van der Waals surface area contributed by atoms with Crippen molar-refractivity contribution < 1.29 is 9.53 Å². The highest BCUT2D eigenvalue weighted by molar-refractivity contribution is 5.80. The van der Waals surface area contributed by atoms with Crippen LogP contribution in [-0.4, -0.2) is 22.6 Å². The Kier molecular flexibility index (Phi) is 4.56. The molecule has 1 heterocycles. The fourth-order valence-electron chi connectivity index (χ4n) is 2.52. The van der Waals surface area contributed by atoms with E-state index in [4.69, 9.17) is 4.74 Å². The number of nitrogens with one attached hydrogen (secondary N) is 1. The summed E-state index contributed by atoms with van der Waals surface area (Å²) in [6.07, 6.45) is 1.23. The van der Waals surface area contributed by atoms with Crippen LogP contribution in [0, 0.1) is 0 Å². The van der Waals surface area contributed by atoms with Gasteiger partial charge in [0.2, 0.25) is 5.91 Å². The number of hydrogen-bond acceptors (Lipinski definition) is 4. The number of carbonyl (C=O) groups excluding carboxylic acids is 1. The number of hydrogen-bond donors (Lipinski definition) is 1. The first-order valence-electron chi connectivity index (χ1n) is 7.52. The van der Waals surface area contributed by atoms with Gasteiger partial charge in [0.05, 0.1) is 24.3 Å². The first-order chi connectivity index (χ1) is 11.7. The van der Waals surface area contributed by atoms with Gasteiger partial charge in [-0.15, -0.1) is 0 Å². The summed E-state index contributed by atoms with van der Waals surface area (Å²) in [5.74, 6) is 0.462. The van der Waals surface area contributed by atoms with Gasteiger partial charge >= 0.3 is 0 Å². The van der Waals surface area contributed by atoms with E-state index in [2.05, 4.69) is 10.3 Å². The number of amides is 1. The minimum absolute atomic E-state index is 0.0585. The van der Waals surface area contributed by atoms with E-state index in [1.165, 1.54) is 10.8 Å². The summed E-state index contributed by atoms with van der Waals surface area (Å²) < 4.78 is 6.67. The van der Waals surface area contributed by atoms with E-state index in [0.717, 1.165) is 5.56 Å². The monoisotopic (exact) mass is 323 g/mol. The van der Waals surface area contributed by atoms with Crippen LogP contribution in [0.1, 0.15) is 5.56 Å². The van der Waals surface area contributed by atoms with Crippen molar-refractivity contribution in [1.82, 2.24) is 14.9 Å². The van der Waals surface area contributed by atoms with Crippen molar-refractivity contribution in [2.24, 2.45) is 0 Å². The maximum atomic E-state index is 12.2. The van der Waals surface area contributed by atoms with Gasteiger partial charge in [0, 0.05) is 12.1 Å². The van der Waals surface area contributed by atoms with Gasteiger partial charge < -0.3 is 10.1 Å². The summed E-state index contributed by atoms with van der Waals surface area (Å²) >= 11 is 0. The van der Waals surface area contributed by atoms with Gasteiger partial charge in [-0.2, -0.15) is 0 Å². The van der Waals surface area contributed by atoms with E-state index >= 15 is 0 Å². The molecule has 3 aromatic rings. The second-order valence-corrected chi connectivity index (χ2v) is 5.26. The van der Waals surface area contributed by atoms with Crippen molar-refractivity contribution >= 4 is 16.9 Å². The first kappa shape index (κ1) is 15.7. The number of ether oxygens (including phenoxy) is 1. The van der Waals surface area contributed by atoms with E-state index in [9.17, 15) is 9.59 Å². The molecule has 0 aliphatic heterocycles. The van der Waals surface area contributed by atoms with E-state index in [1.807, 2.05) is 36.4 Å². The molecule has 6 heteroatoms. The van der Waals surface area contributed by atoms with Crippen molar-refractivity contribution in [3.05, 3.63) is 70.6 Å². The summed E-state index contributed by atoms with van der Waals surface area (Å²) in [5.41, 5.74) is 1.88. The van der Waals surface area contributed by atoms with Crippen molar-refractivity contribution in [2.45, 2.75) is 13.1 Å². The third-order valence-corrected chi connectivity index (χ3v) is 3.72. The Labute approximate surface area is 138 Å². The van der Waals surface area contributed by atoms with Crippen LogP contribution >= 0.6 is 0 Å². The number of fused-ring (bicyclic) bond motifs is 1. The number of rotatable bonds is 5. The van der Waals surface area contributed by atoms with Crippen molar-refractivity contribution in [3.63, 3.8) is 0 Å². The molecule has 0 atom stereocenters. The molecule has 0 aliphatic rings. The number of aromatic nitrogens is 2. The quantitative estimate of drug-likeness (QED) is 0.776. The highest BCUT2D eigenvalue weighted by Crippen LogP contribution is 2.16. The molecule has 1 aromatic heterocycles. The van der Waals surface area contributed by atoms with Crippen LogP contribution in [0.5, 0.6) is 5.75 Å². The van der Waals surface area contributed by atoms with Crippen molar-refractivity contribution in [1.29, 1.82) is 0 Å². The maximum absolute atomic E-state index is 12.2. The minimum Gasteiger partial charge on any atom is -0.496 e. The average Bonchev–Trinajstić information content (AvgIpc) is 2.62. The fourth-order valence-corrected chi connectivity index (χ4v) is 2.52. The van der Waals surface area contributed by atoms with E-state index in [0.29, 0.717) is 23.3 Å². The summed E-state index contributed by atoms with van der Waals surface area (Å²) in [4.78, 5) is 28.4. The molecule has 0 unspecified atom stereocenters. The molecule has 24 heavy (non-hydrogen) atoms. The van der Waals surface area contributed by atoms with Gasteiger partial charge in [-0.1, -0.05) is 30.3 Å². The Balaban J connectivity index is 1.76. The smallest absolute Gasteiger partial charge is 0.269 e. The van der Waals surface area contributed by atoms with Gasteiger partial charge in [0.1, 0.15) is 12.3 Å². The van der Waals surface area contributed by atoms with Gasteiger partial charge in [-0.25, -0.2) is 4.98 Å². The molecular formula is C18H17N3O3. The fraction of sp³-hybridized carbons (Fsp3) is 0.167. The zero-order chi connectivity index (χ0) is 16.9. The molecule has 0 radical (unpaired) electrons. The molecule has 0 fully saturated rings. The molecule has 0 aliphatic carbocycles. The summed E-state index contributed by atoms with van der Waals surface area (Å²) in [6.45, 7) is 0.275. The Bertz CT molecular complexity index is 934. The number of methoxy groups -OCH3 is 1. The predicted octanol–water partition coefficient (Wildman–Crippen LogP) is 1.72. The maximum Gasteiger partial charge on any atom is 0.269 e. The van der Waals surface area contributed by atoms with Crippen LogP contribution in [0.4, 0.5) is 0 Å². The normalized spacial score (nSPS) is 10.5. The summed E-state index contributed by atoms with van der Waals surface area (Å²) in [7, 11) is 1.59. The molecule has 1 amide bonds. The number of nitrogens with zero attached hydrogens (tertiary/aromatic N) is 2. The topological polar surface area (TPSA) is 73.2 Å². The molecule has 0 saturated carbocycles. The van der Waals surface area contributed by atoms with E-state index < -0.39 is 0 Å². The molecule has 0 saturated heterocycles. The molecule has 0 bridgehead atoms. The standard InChI is InChI=1S/C18H17N3O3/c1-24-16-9-5-2-6-13(16)10-20-17(22)12-21-15-8-4-3-7-14(15)19-11-18(21)23/h2-9,11H,10,12H2,1H3,(H,20,22). The van der Waals surface area contributed by atoms with Gasteiger partial charge in [-0.3, -0.25) is 14.2 Å². The number of para-hydroxylation sites is 3. The minimum atomic E-state index is -0.304. The molecular weight excluding hydrogens is 306 g/mol. The average molecular weight is 323 g/mol. The van der Waals surface area contributed by atoms with Crippen LogP contribution in [0.15, 0.2) is 59.5 Å². The first-order valence-corrected chi connectivity index (χ1v) is 7.52. The zero-order valence-corrected chi connectivity index (χ0v) is 13.2. The number of benzene rings is 2. The van der Waals surface area contributed by atoms with E-state index in [1.54, 1.807) is 19.2 Å². The number of carbonyl (C=O) groups is 1. The van der Waals surface area contributed by atoms with Gasteiger partial charge in [-0.05, 0) is 18.2 Å². The lowest BCUT2D eigenvalue weighted by molar-refractivity contribution is -0.121. The van der Waals surface area contributed by atoms with Crippen LogP contribution in [0.2, 0.25) is 0 Å². The molecule has 122 valence electrons. The van der Waals surface area contributed by atoms with Crippen LogP contribution in [0.3, 0.4) is 0 Å². The Hall–Kier alpha value is -3.15. The molecule has 3 rings (SSSR count). The Morgan fingerprint density at radius 3 is 2.75 bits per heavy atom. The van der Waals surface area contributed by atoms with E-state index in [-0.39, 0.29) is 18.0 Å².